The molecule has 1 fully saturated rings. The zero-order valence-electron chi connectivity index (χ0n) is 11.5. The van der Waals surface area contributed by atoms with E-state index in [-0.39, 0.29) is 11.6 Å². The van der Waals surface area contributed by atoms with Crippen LogP contribution in [0.15, 0.2) is 18.5 Å². The van der Waals surface area contributed by atoms with Gasteiger partial charge < -0.3 is 10.5 Å². The van der Waals surface area contributed by atoms with Gasteiger partial charge in [-0.2, -0.15) is 0 Å². The summed E-state index contributed by atoms with van der Waals surface area (Å²) >= 11 is 0. The second-order valence-corrected chi connectivity index (χ2v) is 5.54. The van der Waals surface area contributed by atoms with Crippen molar-refractivity contribution in [1.82, 2.24) is 9.88 Å². The Labute approximate surface area is 109 Å². The lowest BCUT2D eigenvalue weighted by Gasteiger charge is -2.46. The fraction of sp³-hybridized carbons (Fsp3) is 0.643. The third-order valence-electron chi connectivity index (χ3n) is 3.75. The number of nitrogens with two attached hydrogens (primary N) is 1. The Kier molecular flexibility index (Phi) is 4.00. The summed E-state index contributed by atoms with van der Waals surface area (Å²) in [5.74, 6) is 0. The first-order valence-electron chi connectivity index (χ1n) is 6.51. The third-order valence-corrected chi connectivity index (χ3v) is 3.75. The molecule has 0 aromatic carbocycles. The van der Waals surface area contributed by atoms with Crippen LogP contribution in [0.4, 0.5) is 0 Å². The quantitative estimate of drug-likeness (QED) is 0.882. The topological polar surface area (TPSA) is 51.4 Å². The minimum absolute atomic E-state index is 0.0184. The standard InChI is InChI=1S/C14H23N3O/c1-11-4-5-16-9-12(11)13(8-15)17-6-7-18-10-14(17,2)3/h4-5,9,13H,6-8,10,15H2,1-3H3. The molecular weight excluding hydrogens is 226 g/mol. The van der Waals surface area contributed by atoms with Crippen LogP contribution in [0.5, 0.6) is 0 Å². The van der Waals surface area contributed by atoms with E-state index >= 15 is 0 Å². The molecule has 0 bridgehead atoms. The molecule has 1 aliphatic rings. The van der Waals surface area contributed by atoms with Crippen LogP contribution in [0.2, 0.25) is 0 Å². The van der Waals surface area contributed by atoms with Crippen molar-refractivity contribution in [2.24, 2.45) is 5.73 Å². The molecule has 0 aliphatic carbocycles. The summed E-state index contributed by atoms with van der Waals surface area (Å²) in [6.07, 6.45) is 3.77. The Bertz CT molecular complexity index is 406. The van der Waals surface area contributed by atoms with Crippen molar-refractivity contribution in [3.8, 4) is 0 Å². The SMILES string of the molecule is Cc1ccncc1C(CN)N1CCOCC1(C)C. The number of nitrogens with zero attached hydrogens (tertiary/aromatic N) is 2. The molecular formula is C14H23N3O. The van der Waals surface area contributed by atoms with E-state index in [1.807, 2.05) is 18.5 Å². The molecule has 1 aromatic heterocycles. The van der Waals surface area contributed by atoms with Crippen LogP contribution in [0.1, 0.15) is 31.0 Å². The van der Waals surface area contributed by atoms with Gasteiger partial charge in [-0.25, -0.2) is 0 Å². The Morgan fingerprint density at radius 3 is 2.94 bits per heavy atom. The zero-order chi connectivity index (χ0) is 13.2. The molecule has 2 rings (SSSR count). The number of aromatic nitrogens is 1. The number of morpholine rings is 1. The van der Waals surface area contributed by atoms with Gasteiger partial charge in [0.05, 0.1) is 13.2 Å². The van der Waals surface area contributed by atoms with Crippen molar-refractivity contribution in [3.63, 3.8) is 0 Å². The molecule has 4 nitrogen and oxygen atoms in total. The molecule has 2 heterocycles. The van der Waals surface area contributed by atoms with E-state index in [0.717, 1.165) is 19.8 Å². The molecule has 1 aliphatic heterocycles. The number of aryl methyl sites for hydroxylation is 1. The number of hydrogen-bond acceptors (Lipinski definition) is 4. The minimum Gasteiger partial charge on any atom is -0.378 e. The maximum Gasteiger partial charge on any atom is 0.0645 e. The summed E-state index contributed by atoms with van der Waals surface area (Å²) in [6.45, 7) is 9.59. The highest BCUT2D eigenvalue weighted by atomic mass is 16.5. The number of ether oxygens (including phenoxy) is 1. The van der Waals surface area contributed by atoms with E-state index in [1.165, 1.54) is 11.1 Å². The van der Waals surface area contributed by atoms with E-state index in [4.69, 9.17) is 10.5 Å². The fourth-order valence-electron chi connectivity index (χ4n) is 2.70. The van der Waals surface area contributed by atoms with Crippen molar-refractivity contribution in [2.75, 3.05) is 26.3 Å². The molecule has 1 saturated heterocycles. The monoisotopic (exact) mass is 249 g/mol. The van der Waals surface area contributed by atoms with Gasteiger partial charge in [-0.15, -0.1) is 0 Å². The Balaban J connectivity index is 2.31. The first-order chi connectivity index (χ1) is 8.56. The van der Waals surface area contributed by atoms with E-state index < -0.39 is 0 Å². The number of pyridine rings is 1. The predicted octanol–water partition coefficient (Wildman–Crippen LogP) is 1.50. The van der Waals surface area contributed by atoms with Crippen molar-refractivity contribution in [2.45, 2.75) is 32.4 Å². The molecule has 4 heteroatoms. The van der Waals surface area contributed by atoms with Gasteiger partial charge in [0.1, 0.15) is 0 Å². The lowest BCUT2D eigenvalue weighted by molar-refractivity contribution is -0.0714. The second-order valence-electron chi connectivity index (χ2n) is 5.54. The highest BCUT2D eigenvalue weighted by Gasteiger charge is 2.36. The summed E-state index contributed by atoms with van der Waals surface area (Å²) < 4.78 is 5.58. The van der Waals surface area contributed by atoms with Gasteiger partial charge in [0.25, 0.3) is 0 Å². The van der Waals surface area contributed by atoms with Gasteiger partial charge in [0.15, 0.2) is 0 Å². The Hall–Kier alpha value is -0.970. The van der Waals surface area contributed by atoms with Gasteiger partial charge in [-0.3, -0.25) is 9.88 Å². The summed E-state index contributed by atoms with van der Waals surface area (Å²) in [4.78, 5) is 6.69. The number of rotatable bonds is 3. The average Bonchev–Trinajstić information content (AvgIpc) is 2.34. The van der Waals surface area contributed by atoms with Gasteiger partial charge in [0, 0.05) is 37.1 Å². The van der Waals surface area contributed by atoms with E-state index in [9.17, 15) is 0 Å². The highest BCUT2D eigenvalue weighted by molar-refractivity contribution is 5.26. The summed E-state index contributed by atoms with van der Waals surface area (Å²) in [5.41, 5.74) is 8.52. The summed E-state index contributed by atoms with van der Waals surface area (Å²) in [6, 6.07) is 2.27. The summed E-state index contributed by atoms with van der Waals surface area (Å²) in [7, 11) is 0. The van der Waals surface area contributed by atoms with Crippen LogP contribution < -0.4 is 5.73 Å². The molecule has 100 valence electrons. The second kappa shape index (κ2) is 5.34. The van der Waals surface area contributed by atoms with E-state index in [1.54, 1.807) is 0 Å². The molecule has 0 saturated carbocycles. The minimum atomic E-state index is 0.0184. The first-order valence-corrected chi connectivity index (χ1v) is 6.51. The molecule has 0 spiro atoms. The highest BCUT2D eigenvalue weighted by Crippen LogP contribution is 2.31. The summed E-state index contributed by atoms with van der Waals surface area (Å²) in [5, 5.41) is 0. The van der Waals surface area contributed by atoms with Crippen molar-refractivity contribution >= 4 is 0 Å². The maximum atomic E-state index is 6.02. The molecule has 0 amide bonds. The van der Waals surface area contributed by atoms with Crippen LogP contribution in [-0.2, 0) is 4.74 Å². The largest absolute Gasteiger partial charge is 0.378 e. The van der Waals surface area contributed by atoms with Crippen molar-refractivity contribution < 1.29 is 4.74 Å². The van der Waals surface area contributed by atoms with Crippen LogP contribution in [-0.4, -0.2) is 41.7 Å². The normalized spacial score (nSPS) is 21.8. The van der Waals surface area contributed by atoms with E-state index in [2.05, 4.69) is 30.7 Å². The lowest BCUT2D eigenvalue weighted by Crippen LogP contribution is -2.55. The zero-order valence-corrected chi connectivity index (χ0v) is 11.5. The van der Waals surface area contributed by atoms with Crippen LogP contribution in [0.3, 0.4) is 0 Å². The molecule has 1 unspecified atom stereocenters. The van der Waals surface area contributed by atoms with Crippen LogP contribution in [0, 0.1) is 6.92 Å². The smallest absolute Gasteiger partial charge is 0.0645 e. The average molecular weight is 249 g/mol. The van der Waals surface area contributed by atoms with Crippen LogP contribution >= 0.6 is 0 Å². The Morgan fingerprint density at radius 2 is 2.33 bits per heavy atom. The molecule has 18 heavy (non-hydrogen) atoms. The lowest BCUT2D eigenvalue weighted by atomic mass is 9.94. The number of hydrogen-bond donors (Lipinski definition) is 1. The third kappa shape index (κ3) is 2.55. The Morgan fingerprint density at radius 1 is 1.56 bits per heavy atom. The van der Waals surface area contributed by atoms with Gasteiger partial charge in [0.2, 0.25) is 0 Å². The molecule has 0 radical (unpaired) electrons. The maximum absolute atomic E-state index is 6.02. The predicted molar refractivity (Wildman–Crippen MR) is 72.4 cm³/mol. The van der Waals surface area contributed by atoms with E-state index in [0.29, 0.717) is 6.54 Å². The van der Waals surface area contributed by atoms with Crippen molar-refractivity contribution in [3.05, 3.63) is 29.6 Å². The molecule has 1 aromatic rings. The van der Waals surface area contributed by atoms with Gasteiger partial charge in [-0.1, -0.05) is 0 Å². The fourth-order valence-corrected chi connectivity index (χ4v) is 2.70. The van der Waals surface area contributed by atoms with Gasteiger partial charge in [-0.05, 0) is 38.0 Å². The first kappa shape index (κ1) is 13.5. The van der Waals surface area contributed by atoms with Crippen molar-refractivity contribution in [1.29, 1.82) is 0 Å². The molecule has 2 N–H and O–H groups in total. The van der Waals surface area contributed by atoms with Crippen LogP contribution in [0.25, 0.3) is 0 Å². The van der Waals surface area contributed by atoms with Gasteiger partial charge >= 0.3 is 0 Å². The molecule has 1 atom stereocenters.